The Morgan fingerprint density at radius 1 is 1.00 bits per heavy atom. The van der Waals surface area contributed by atoms with Gasteiger partial charge in [-0.25, -0.2) is 4.98 Å². The maximum absolute atomic E-state index is 5.90. The zero-order chi connectivity index (χ0) is 13.2. The number of hydrogen-bond acceptors (Lipinski definition) is 1. The van der Waals surface area contributed by atoms with Crippen LogP contribution < -0.4 is 10.3 Å². The molecule has 0 aliphatic carbocycles. The fraction of sp³-hybridized carbons (Fsp3) is 0.0625. The predicted octanol–water partition coefficient (Wildman–Crippen LogP) is 4.36. The van der Waals surface area contributed by atoms with Crippen LogP contribution in [0.25, 0.3) is 10.9 Å². The first-order chi connectivity index (χ1) is 9.22. The molecule has 2 N–H and O–H groups in total. The van der Waals surface area contributed by atoms with E-state index in [0.29, 0.717) is 0 Å². The highest BCUT2D eigenvalue weighted by molar-refractivity contribution is 6.30. The van der Waals surface area contributed by atoms with Crippen LogP contribution >= 0.6 is 11.6 Å². The second kappa shape index (κ2) is 4.90. The number of aryl methyl sites for hydroxylation is 1. The van der Waals surface area contributed by atoms with Gasteiger partial charge in [0.2, 0.25) is 5.52 Å². The molecule has 1 aromatic heterocycles. The largest absolute Gasteiger partial charge is 0.355 e. The zero-order valence-corrected chi connectivity index (χ0v) is 11.3. The molecule has 0 amide bonds. The minimum Gasteiger partial charge on any atom is -0.355 e. The first-order valence-corrected chi connectivity index (χ1v) is 6.54. The summed E-state index contributed by atoms with van der Waals surface area (Å²) in [5.74, 6) is 0. The van der Waals surface area contributed by atoms with Gasteiger partial charge in [-0.15, -0.1) is 0 Å². The minimum atomic E-state index is 0.744. The third-order valence-electron chi connectivity index (χ3n) is 3.03. The molecule has 0 saturated carbocycles. The molecule has 0 saturated heterocycles. The summed E-state index contributed by atoms with van der Waals surface area (Å²) in [5, 5.41) is 5.35. The summed E-state index contributed by atoms with van der Waals surface area (Å²) >= 11 is 5.90. The number of halogens is 1. The fourth-order valence-corrected chi connectivity index (χ4v) is 2.29. The quantitative estimate of drug-likeness (QED) is 0.735. The number of hydrogen-bond donors (Lipinski definition) is 1. The number of rotatable bonds is 2. The summed E-state index contributed by atoms with van der Waals surface area (Å²) < 4.78 is 0. The number of aromatic amines is 1. The molecule has 0 fully saturated rings. The van der Waals surface area contributed by atoms with Crippen LogP contribution in [0.1, 0.15) is 5.69 Å². The van der Waals surface area contributed by atoms with Crippen molar-refractivity contribution >= 4 is 33.9 Å². The summed E-state index contributed by atoms with van der Waals surface area (Å²) in [6, 6.07) is 18.1. The van der Waals surface area contributed by atoms with Gasteiger partial charge in [0, 0.05) is 29.8 Å². The van der Waals surface area contributed by atoms with E-state index >= 15 is 0 Å². The Labute approximate surface area is 117 Å². The van der Waals surface area contributed by atoms with Gasteiger partial charge in [0.1, 0.15) is 0 Å². The van der Waals surface area contributed by atoms with Crippen molar-refractivity contribution in [2.45, 2.75) is 6.92 Å². The second-order valence-corrected chi connectivity index (χ2v) is 4.98. The van der Waals surface area contributed by atoms with E-state index in [1.165, 1.54) is 5.39 Å². The average Bonchev–Trinajstić information content (AvgIpc) is 2.41. The highest BCUT2D eigenvalue weighted by Crippen LogP contribution is 2.25. The van der Waals surface area contributed by atoms with E-state index in [1.807, 2.05) is 36.4 Å². The van der Waals surface area contributed by atoms with Gasteiger partial charge in [0.25, 0.3) is 0 Å². The van der Waals surface area contributed by atoms with Gasteiger partial charge in [-0.05, 0) is 30.3 Å². The number of anilines is 2. The van der Waals surface area contributed by atoms with Crippen LogP contribution in [0.4, 0.5) is 11.4 Å². The number of benzene rings is 2. The van der Waals surface area contributed by atoms with Gasteiger partial charge in [-0.3, -0.25) is 0 Å². The van der Waals surface area contributed by atoms with Gasteiger partial charge in [0.15, 0.2) is 5.69 Å². The van der Waals surface area contributed by atoms with Crippen LogP contribution in [0.3, 0.4) is 0 Å². The summed E-state index contributed by atoms with van der Waals surface area (Å²) in [6.07, 6.45) is 0. The Kier molecular flexibility index (Phi) is 3.10. The van der Waals surface area contributed by atoms with E-state index in [2.05, 4.69) is 35.4 Å². The highest BCUT2D eigenvalue weighted by atomic mass is 35.5. The Bertz CT molecular complexity index is 720. The Morgan fingerprint density at radius 3 is 2.53 bits per heavy atom. The monoisotopic (exact) mass is 269 g/mol. The molecule has 2 aromatic carbocycles. The number of H-pyrrole nitrogens is 1. The first-order valence-electron chi connectivity index (χ1n) is 6.17. The Morgan fingerprint density at radius 2 is 1.74 bits per heavy atom. The topological polar surface area (TPSA) is 26.2 Å². The molecule has 2 nitrogen and oxygen atoms in total. The molecule has 3 rings (SSSR count). The molecule has 1 heterocycles. The van der Waals surface area contributed by atoms with E-state index < -0.39 is 0 Å². The standard InChI is InChI=1S/C16H13ClN2/c1-11-10-16(14-4-2-3-5-15(14)18-11)19-13-8-6-12(17)7-9-13/h2-10H,1H3,(H,18,19)/p+1. The molecule has 3 aromatic rings. The van der Waals surface area contributed by atoms with Crippen molar-refractivity contribution in [2.75, 3.05) is 5.32 Å². The number of pyridine rings is 1. The molecular formula is C16H14ClN2+. The fourth-order valence-electron chi connectivity index (χ4n) is 2.16. The van der Waals surface area contributed by atoms with Crippen molar-refractivity contribution in [3.05, 3.63) is 65.3 Å². The first kappa shape index (κ1) is 12.0. The van der Waals surface area contributed by atoms with Gasteiger partial charge in [-0.2, -0.15) is 0 Å². The summed E-state index contributed by atoms with van der Waals surface area (Å²) in [6.45, 7) is 2.06. The maximum atomic E-state index is 5.90. The van der Waals surface area contributed by atoms with Crippen LogP contribution in [0.15, 0.2) is 54.6 Å². The van der Waals surface area contributed by atoms with Crippen LogP contribution in [0.5, 0.6) is 0 Å². The second-order valence-electron chi connectivity index (χ2n) is 4.54. The molecule has 0 aliphatic rings. The number of nitrogens with one attached hydrogen (secondary N) is 2. The van der Waals surface area contributed by atoms with Gasteiger partial charge in [-0.1, -0.05) is 23.7 Å². The van der Waals surface area contributed by atoms with E-state index in [4.69, 9.17) is 11.6 Å². The molecule has 19 heavy (non-hydrogen) atoms. The number of aromatic nitrogens is 1. The predicted molar refractivity (Wildman–Crippen MR) is 80.0 cm³/mol. The zero-order valence-electron chi connectivity index (χ0n) is 10.6. The summed E-state index contributed by atoms with van der Waals surface area (Å²) in [5.41, 5.74) is 4.36. The lowest BCUT2D eigenvalue weighted by Crippen LogP contribution is -2.09. The Balaban J connectivity index is 2.07. The SMILES string of the molecule is Cc1cc(Nc2ccc(Cl)cc2)c2ccccc2[nH+]1. The molecule has 0 atom stereocenters. The van der Waals surface area contributed by atoms with Crippen molar-refractivity contribution in [3.63, 3.8) is 0 Å². The molecule has 0 unspecified atom stereocenters. The maximum Gasteiger partial charge on any atom is 0.213 e. The normalized spacial score (nSPS) is 10.6. The summed E-state index contributed by atoms with van der Waals surface area (Å²) in [7, 11) is 0. The van der Waals surface area contributed by atoms with Crippen molar-refractivity contribution in [2.24, 2.45) is 0 Å². The van der Waals surface area contributed by atoms with Gasteiger partial charge < -0.3 is 5.32 Å². The van der Waals surface area contributed by atoms with E-state index in [0.717, 1.165) is 27.6 Å². The van der Waals surface area contributed by atoms with E-state index in [-0.39, 0.29) is 0 Å². The average molecular weight is 270 g/mol. The molecule has 3 heteroatoms. The van der Waals surface area contributed by atoms with Crippen LogP contribution in [-0.2, 0) is 0 Å². The van der Waals surface area contributed by atoms with Crippen LogP contribution in [0.2, 0.25) is 5.02 Å². The molecule has 0 spiro atoms. The van der Waals surface area contributed by atoms with Crippen LogP contribution in [0, 0.1) is 6.92 Å². The number of para-hydroxylation sites is 1. The molecule has 0 bridgehead atoms. The molecule has 0 radical (unpaired) electrons. The van der Waals surface area contributed by atoms with Crippen LogP contribution in [-0.4, -0.2) is 0 Å². The van der Waals surface area contributed by atoms with Crippen molar-refractivity contribution in [3.8, 4) is 0 Å². The van der Waals surface area contributed by atoms with E-state index in [1.54, 1.807) is 0 Å². The molecule has 94 valence electrons. The van der Waals surface area contributed by atoms with Gasteiger partial charge >= 0.3 is 0 Å². The smallest absolute Gasteiger partial charge is 0.213 e. The van der Waals surface area contributed by atoms with E-state index in [9.17, 15) is 0 Å². The molecule has 0 aliphatic heterocycles. The van der Waals surface area contributed by atoms with Gasteiger partial charge in [0.05, 0.1) is 11.1 Å². The lowest BCUT2D eigenvalue weighted by molar-refractivity contribution is -0.354. The number of fused-ring (bicyclic) bond motifs is 1. The Hall–Kier alpha value is -2.06. The third kappa shape index (κ3) is 2.54. The highest BCUT2D eigenvalue weighted by Gasteiger charge is 2.08. The molecular weight excluding hydrogens is 256 g/mol. The third-order valence-corrected chi connectivity index (χ3v) is 3.29. The summed E-state index contributed by atoms with van der Waals surface area (Å²) in [4.78, 5) is 3.36. The lowest BCUT2D eigenvalue weighted by Gasteiger charge is -2.08. The van der Waals surface area contributed by atoms with Crippen molar-refractivity contribution < 1.29 is 4.98 Å². The van der Waals surface area contributed by atoms with Crippen molar-refractivity contribution in [1.29, 1.82) is 0 Å². The minimum absolute atomic E-state index is 0.744. The van der Waals surface area contributed by atoms with Crippen molar-refractivity contribution in [1.82, 2.24) is 0 Å². The lowest BCUT2D eigenvalue weighted by atomic mass is 10.1.